The van der Waals surface area contributed by atoms with Crippen molar-refractivity contribution < 1.29 is 19.1 Å². The van der Waals surface area contributed by atoms with Crippen molar-refractivity contribution in [1.82, 2.24) is 0 Å². The van der Waals surface area contributed by atoms with Crippen molar-refractivity contribution in [3.8, 4) is 11.8 Å². The normalized spacial score (nSPS) is 17.6. The van der Waals surface area contributed by atoms with Gasteiger partial charge in [0.25, 0.3) is 5.79 Å². The van der Waals surface area contributed by atoms with Gasteiger partial charge in [-0.15, -0.1) is 5.92 Å². The number of anilines is 1. The molecule has 0 amide bonds. The van der Waals surface area contributed by atoms with Crippen molar-refractivity contribution in [2.75, 3.05) is 5.73 Å². The monoisotopic (exact) mass is 317 g/mol. The molecular formula is C18H23NO4. The number of carbonyl (C=O) groups is 2. The van der Waals surface area contributed by atoms with Crippen molar-refractivity contribution in [1.29, 1.82) is 0 Å². The summed E-state index contributed by atoms with van der Waals surface area (Å²) in [4.78, 5) is 24.3. The van der Waals surface area contributed by atoms with Gasteiger partial charge in [0.2, 0.25) is 0 Å². The van der Waals surface area contributed by atoms with E-state index in [9.17, 15) is 9.59 Å². The molecule has 2 N–H and O–H groups in total. The summed E-state index contributed by atoms with van der Waals surface area (Å²) >= 11 is 0. The molecule has 1 aliphatic rings. The second kappa shape index (κ2) is 7.68. The number of ether oxygens (including phenoxy) is 2. The van der Waals surface area contributed by atoms with E-state index < -0.39 is 29.6 Å². The molecule has 1 aromatic carbocycles. The van der Waals surface area contributed by atoms with Crippen LogP contribution in [-0.2, 0) is 19.1 Å². The zero-order valence-corrected chi connectivity index (χ0v) is 14.2. The Bertz CT molecular complexity index is 603. The highest BCUT2D eigenvalue weighted by molar-refractivity contribution is 5.98. The number of hydrogen-bond donors (Lipinski definition) is 1. The van der Waals surface area contributed by atoms with Gasteiger partial charge in [-0.25, -0.2) is 0 Å². The summed E-state index contributed by atoms with van der Waals surface area (Å²) in [5, 5.41) is 0. The molecule has 1 aromatic rings. The molecule has 0 aliphatic carbocycles. The zero-order valence-electron chi connectivity index (χ0n) is 14.2. The lowest BCUT2D eigenvalue weighted by Crippen LogP contribution is -2.48. The maximum Gasteiger partial charge on any atom is 0.325 e. The summed E-state index contributed by atoms with van der Waals surface area (Å²) in [6.07, 6.45) is 0. The predicted octanol–water partition coefficient (Wildman–Crippen LogP) is 2.85. The quantitative estimate of drug-likeness (QED) is 0.393. The Morgan fingerprint density at radius 3 is 2.00 bits per heavy atom. The van der Waals surface area contributed by atoms with E-state index in [4.69, 9.17) is 15.2 Å². The van der Waals surface area contributed by atoms with Crippen molar-refractivity contribution in [2.24, 2.45) is 5.92 Å². The molecule has 1 aliphatic heterocycles. The van der Waals surface area contributed by atoms with E-state index in [0.29, 0.717) is 5.69 Å². The highest BCUT2D eigenvalue weighted by atomic mass is 16.7. The summed E-state index contributed by atoms with van der Waals surface area (Å²) in [5.74, 6) is 1.43. The van der Waals surface area contributed by atoms with Crippen LogP contribution in [-0.4, -0.2) is 17.7 Å². The Labute approximate surface area is 137 Å². The molecule has 1 unspecified atom stereocenters. The van der Waals surface area contributed by atoms with E-state index in [1.54, 1.807) is 31.2 Å². The molecule has 2 rings (SSSR count). The molecule has 1 heterocycles. The molecule has 5 nitrogen and oxygen atoms in total. The van der Waals surface area contributed by atoms with Crippen LogP contribution in [0.3, 0.4) is 0 Å². The topological polar surface area (TPSA) is 78.6 Å². The Morgan fingerprint density at radius 2 is 1.57 bits per heavy atom. The van der Waals surface area contributed by atoms with Gasteiger partial charge in [-0.1, -0.05) is 31.9 Å². The number of carbonyl (C=O) groups excluding carboxylic acids is 2. The van der Waals surface area contributed by atoms with Crippen molar-refractivity contribution in [3.63, 3.8) is 0 Å². The predicted molar refractivity (Wildman–Crippen MR) is 88.1 cm³/mol. The van der Waals surface area contributed by atoms with Crippen LogP contribution in [0.4, 0.5) is 5.69 Å². The Morgan fingerprint density at radius 1 is 1.09 bits per heavy atom. The van der Waals surface area contributed by atoms with Gasteiger partial charge in [0.05, 0.1) is 5.92 Å². The summed E-state index contributed by atoms with van der Waals surface area (Å²) in [5.41, 5.74) is 6.96. The molecule has 1 atom stereocenters. The third-order valence-corrected chi connectivity index (χ3v) is 3.13. The first-order valence-corrected chi connectivity index (χ1v) is 7.57. The number of hydrogen-bond acceptors (Lipinski definition) is 5. The van der Waals surface area contributed by atoms with Crippen LogP contribution in [0, 0.1) is 17.8 Å². The molecule has 124 valence electrons. The van der Waals surface area contributed by atoms with E-state index in [1.807, 2.05) is 13.8 Å². The number of nitrogen functional groups attached to an aromatic ring is 1. The van der Waals surface area contributed by atoms with E-state index >= 15 is 0 Å². The average Bonchev–Trinajstić information content (AvgIpc) is 2.47. The molecule has 0 radical (unpaired) electrons. The van der Waals surface area contributed by atoms with Crippen molar-refractivity contribution in [3.05, 3.63) is 29.8 Å². The maximum absolute atomic E-state index is 12.2. The molecule has 0 aromatic heterocycles. The number of rotatable bonds is 2. The lowest BCUT2D eigenvalue weighted by Gasteiger charge is -2.34. The van der Waals surface area contributed by atoms with Crippen LogP contribution in [0.25, 0.3) is 0 Å². The fourth-order valence-electron chi connectivity index (χ4n) is 2.22. The van der Waals surface area contributed by atoms with Gasteiger partial charge in [0, 0.05) is 19.5 Å². The fourth-order valence-corrected chi connectivity index (χ4v) is 2.22. The number of benzene rings is 1. The molecule has 0 spiro atoms. The third kappa shape index (κ3) is 4.49. The lowest BCUT2D eigenvalue weighted by atomic mass is 9.85. The lowest BCUT2D eigenvalue weighted by molar-refractivity contribution is -0.240. The van der Waals surface area contributed by atoms with Gasteiger partial charge in [0.1, 0.15) is 0 Å². The number of cyclic esters (lactones) is 2. The minimum Gasteiger partial charge on any atom is -0.422 e. The molecule has 1 saturated heterocycles. The largest absolute Gasteiger partial charge is 0.422 e. The van der Waals surface area contributed by atoms with Crippen molar-refractivity contribution >= 4 is 17.6 Å². The molecule has 0 saturated carbocycles. The molecule has 5 heteroatoms. The molecule has 1 fully saturated rings. The SMILES string of the molecule is CC.CC#CC(c1ccc(N)cc1)C1C(=O)OC(C)(C)OC1=O. The van der Waals surface area contributed by atoms with Crippen molar-refractivity contribution in [2.45, 2.75) is 46.3 Å². The zero-order chi connectivity index (χ0) is 17.6. The van der Waals surface area contributed by atoms with E-state index in [1.165, 1.54) is 13.8 Å². The van der Waals surface area contributed by atoms with Gasteiger partial charge in [-0.3, -0.25) is 9.59 Å². The van der Waals surface area contributed by atoms with E-state index in [-0.39, 0.29) is 0 Å². The first kappa shape index (κ1) is 18.6. The van der Waals surface area contributed by atoms with Crippen LogP contribution in [0.2, 0.25) is 0 Å². The highest BCUT2D eigenvalue weighted by Gasteiger charge is 2.47. The van der Waals surface area contributed by atoms with Crippen LogP contribution in [0.5, 0.6) is 0 Å². The second-order valence-corrected chi connectivity index (χ2v) is 5.26. The van der Waals surface area contributed by atoms with Gasteiger partial charge in [0.15, 0.2) is 5.92 Å². The van der Waals surface area contributed by atoms with E-state index in [0.717, 1.165) is 5.56 Å². The van der Waals surface area contributed by atoms with Crippen LogP contribution >= 0.6 is 0 Å². The summed E-state index contributed by atoms with van der Waals surface area (Å²) in [6, 6.07) is 6.88. The smallest absolute Gasteiger partial charge is 0.325 e. The van der Waals surface area contributed by atoms with Gasteiger partial charge in [-0.05, 0) is 24.6 Å². The van der Waals surface area contributed by atoms with Crippen LogP contribution in [0.15, 0.2) is 24.3 Å². The number of esters is 2. The Balaban J connectivity index is 0.00000127. The third-order valence-electron chi connectivity index (χ3n) is 3.13. The molecular weight excluding hydrogens is 294 g/mol. The standard InChI is InChI=1S/C16H17NO4.C2H6/c1-4-5-12(10-6-8-11(17)9-7-10)13-14(18)20-16(2,3)21-15(13)19;1-2/h6-9,12-13H,17H2,1-3H3;1-2H3. The highest BCUT2D eigenvalue weighted by Crippen LogP contribution is 2.33. The molecule has 23 heavy (non-hydrogen) atoms. The summed E-state index contributed by atoms with van der Waals surface area (Å²) < 4.78 is 10.3. The van der Waals surface area contributed by atoms with Gasteiger partial charge in [-0.2, -0.15) is 0 Å². The second-order valence-electron chi connectivity index (χ2n) is 5.26. The Kier molecular flexibility index (Phi) is 6.20. The molecule has 0 bridgehead atoms. The van der Waals surface area contributed by atoms with Gasteiger partial charge >= 0.3 is 11.9 Å². The summed E-state index contributed by atoms with van der Waals surface area (Å²) in [7, 11) is 0. The minimum atomic E-state index is -1.24. The minimum absolute atomic E-state index is 0.594. The average molecular weight is 317 g/mol. The fraction of sp³-hybridized carbons (Fsp3) is 0.444. The first-order valence-electron chi connectivity index (χ1n) is 7.57. The van der Waals surface area contributed by atoms with E-state index in [2.05, 4.69) is 11.8 Å². The van der Waals surface area contributed by atoms with Crippen LogP contribution < -0.4 is 5.73 Å². The van der Waals surface area contributed by atoms with Crippen LogP contribution in [0.1, 0.15) is 46.1 Å². The van der Waals surface area contributed by atoms with Gasteiger partial charge < -0.3 is 15.2 Å². The number of nitrogens with two attached hydrogens (primary N) is 1. The maximum atomic E-state index is 12.2. The Hall–Kier alpha value is -2.48. The first-order chi connectivity index (χ1) is 10.8. The summed E-state index contributed by atoms with van der Waals surface area (Å²) in [6.45, 7) is 8.68.